The number of nitrogens with one attached hydrogen (secondary N) is 2. The molecule has 1 aromatic heterocycles. The molecule has 0 aliphatic carbocycles. The Kier molecular flexibility index (Phi) is 2.84. The van der Waals surface area contributed by atoms with Crippen molar-refractivity contribution in [1.82, 2.24) is 10.2 Å². The fourth-order valence-corrected chi connectivity index (χ4v) is 2.21. The van der Waals surface area contributed by atoms with E-state index in [1.807, 2.05) is 0 Å². The maximum Gasteiger partial charge on any atom is 0.265 e. The molecule has 90 valence electrons. The summed E-state index contributed by atoms with van der Waals surface area (Å²) in [5.74, 6) is -0.461. The first-order valence-electron chi connectivity index (χ1n) is 4.77. The summed E-state index contributed by atoms with van der Waals surface area (Å²) in [6.07, 6.45) is 2.42. The maximum atomic E-state index is 13.2. The zero-order chi connectivity index (χ0) is 12.5. The van der Waals surface area contributed by atoms with E-state index in [4.69, 9.17) is 0 Å². The van der Waals surface area contributed by atoms with Gasteiger partial charge in [0.2, 0.25) is 0 Å². The van der Waals surface area contributed by atoms with E-state index >= 15 is 0 Å². The fourth-order valence-electron chi connectivity index (χ4n) is 1.26. The van der Waals surface area contributed by atoms with Crippen LogP contribution in [0.5, 0.6) is 0 Å². The van der Waals surface area contributed by atoms with Crippen LogP contribution in [0.25, 0.3) is 0 Å². The summed E-state index contributed by atoms with van der Waals surface area (Å²) < 4.78 is 39.0. The molecule has 0 saturated carbocycles. The number of aromatic amines is 1. The van der Waals surface area contributed by atoms with Gasteiger partial charge >= 0.3 is 0 Å². The highest BCUT2D eigenvalue weighted by molar-refractivity contribution is 7.92. The summed E-state index contributed by atoms with van der Waals surface area (Å²) in [7, 11) is -3.71. The van der Waals surface area contributed by atoms with Crippen LogP contribution in [0.2, 0.25) is 0 Å². The van der Waals surface area contributed by atoms with Gasteiger partial charge in [0.25, 0.3) is 10.0 Å². The summed E-state index contributed by atoms with van der Waals surface area (Å²) in [6, 6.07) is 4.13. The van der Waals surface area contributed by atoms with Crippen molar-refractivity contribution in [2.75, 3.05) is 4.72 Å². The lowest BCUT2D eigenvalue weighted by Gasteiger charge is -2.06. The highest BCUT2D eigenvalue weighted by Gasteiger charge is 2.15. The molecule has 1 aromatic carbocycles. The van der Waals surface area contributed by atoms with E-state index in [-0.39, 0.29) is 10.6 Å². The molecule has 0 atom stereocenters. The predicted octanol–water partition coefficient (Wildman–Crippen LogP) is 1.66. The molecule has 0 unspecified atom stereocenters. The van der Waals surface area contributed by atoms with Crippen molar-refractivity contribution < 1.29 is 12.8 Å². The van der Waals surface area contributed by atoms with E-state index in [0.717, 1.165) is 6.07 Å². The molecule has 17 heavy (non-hydrogen) atoms. The van der Waals surface area contributed by atoms with Crippen LogP contribution < -0.4 is 4.72 Å². The van der Waals surface area contributed by atoms with Crippen molar-refractivity contribution in [1.29, 1.82) is 0 Å². The molecule has 2 aromatic rings. The summed E-state index contributed by atoms with van der Waals surface area (Å²) in [6.45, 7) is 1.60. The number of nitrogens with zero attached hydrogens (tertiary/aromatic N) is 1. The predicted molar refractivity (Wildman–Crippen MR) is 60.5 cm³/mol. The third-order valence-corrected chi connectivity index (χ3v) is 3.56. The number of benzene rings is 1. The molecule has 0 aliphatic rings. The van der Waals surface area contributed by atoms with E-state index in [1.165, 1.54) is 24.5 Å². The Morgan fingerprint density at radius 2 is 2.18 bits per heavy atom. The third-order valence-electron chi connectivity index (χ3n) is 2.21. The minimum absolute atomic E-state index is 0.00140. The average molecular weight is 255 g/mol. The van der Waals surface area contributed by atoms with Gasteiger partial charge in [0.1, 0.15) is 10.7 Å². The Balaban J connectivity index is 2.30. The standard InChI is InChI=1S/C10H10FN3O2S/c1-7-2-3-8(4-10(7)11)14-17(15,16)9-5-12-13-6-9/h2-6,14H,1H3,(H,12,13). The van der Waals surface area contributed by atoms with Crippen molar-refractivity contribution >= 4 is 15.7 Å². The number of hydrogen-bond donors (Lipinski definition) is 2. The largest absolute Gasteiger partial charge is 0.284 e. The van der Waals surface area contributed by atoms with Crippen LogP contribution in [-0.4, -0.2) is 18.6 Å². The molecule has 7 heteroatoms. The lowest BCUT2D eigenvalue weighted by Crippen LogP contribution is -2.12. The van der Waals surface area contributed by atoms with Crippen LogP contribution in [0.3, 0.4) is 0 Å². The summed E-state index contributed by atoms with van der Waals surface area (Å²) in [4.78, 5) is -0.00140. The first-order valence-corrected chi connectivity index (χ1v) is 6.25. The molecule has 0 bridgehead atoms. The number of sulfonamides is 1. The first kappa shape index (κ1) is 11.6. The van der Waals surface area contributed by atoms with Crippen molar-refractivity contribution in [2.45, 2.75) is 11.8 Å². The smallest absolute Gasteiger partial charge is 0.265 e. The van der Waals surface area contributed by atoms with Crippen molar-refractivity contribution in [3.8, 4) is 0 Å². The van der Waals surface area contributed by atoms with Crippen LogP contribution in [0.1, 0.15) is 5.56 Å². The molecular weight excluding hydrogens is 245 g/mol. The number of rotatable bonds is 3. The van der Waals surface area contributed by atoms with Gasteiger partial charge in [0, 0.05) is 6.20 Å². The van der Waals surface area contributed by atoms with Crippen LogP contribution in [0.4, 0.5) is 10.1 Å². The number of halogens is 1. The van der Waals surface area contributed by atoms with Crippen molar-refractivity contribution in [3.63, 3.8) is 0 Å². The Labute approximate surface area is 97.7 Å². The Hall–Kier alpha value is -1.89. The van der Waals surface area contributed by atoms with Crippen LogP contribution in [0.15, 0.2) is 35.5 Å². The number of H-pyrrole nitrogens is 1. The van der Waals surface area contributed by atoms with E-state index in [9.17, 15) is 12.8 Å². The van der Waals surface area contributed by atoms with Gasteiger partial charge in [0.05, 0.1) is 11.9 Å². The number of aryl methyl sites for hydroxylation is 1. The van der Waals surface area contributed by atoms with Crippen LogP contribution >= 0.6 is 0 Å². The van der Waals surface area contributed by atoms with Crippen molar-refractivity contribution in [3.05, 3.63) is 42.0 Å². The Morgan fingerprint density at radius 3 is 2.76 bits per heavy atom. The summed E-state index contributed by atoms with van der Waals surface area (Å²) in [5, 5.41) is 5.94. The maximum absolute atomic E-state index is 13.2. The first-order chi connectivity index (χ1) is 7.99. The number of aromatic nitrogens is 2. The summed E-state index contributed by atoms with van der Waals surface area (Å²) >= 11 is 0. The number of anilines is 1. The van der Waals surface area contributed by atoms with Gasteiger partial charge in [-0.3, -0.25) is 9.82 Å². The van der Waals surface area contributed by atoms with E-state index in [1.54, 1.807) is 6.92 Å². The minimum atomic E-state index is -3.71. The van der Waals surface area contributed by atoms with E-state index in [0.29, 0.717) is 5.56 Å². The molecular formula is C10H10FN3O2S. The molecule has 2 rings (SSSR count). The Morgan fingerprint density at radius 1 is 1.41 bits per heavy atom. The molecule has 1 heterocycles. The molecule has 5 nitrogen and oxygen atoms in total. The highest BCUT2D eigenvalue weighted by Crippen LogP contribution is 2.17. The summed E-state index contributed by atoms with van der Waals surface area (Å²) in [5.41, 5.74) is 0.630. The molecule has 0 radical (unpaired) electrons. The monoisotopic (exact) mass is 255 g/mol. The zero-order valence-corrected chi connectivity index (χ0v) is 9.75. The van der Waals surface area contributed by atoms with E-state index < -0.39 is 15.8 Å². The Bertz CT molecular complexity index is 623. The zero-order valence-electron chi connectivity index (χ0n) is 8.94. The van der Waals surface area contributed by atoms with Crippen LogP contribution in [-0.2, 0) is 10.0 Å². The van der Waals surface area contributed by atoms with Gasteiger partial charge in [-0.05, 0) is 24.6 Å². The molecule has 0 amide bonds. The van der Waals surface area contributed by atoms with Gasteiger partial charge in [-0.2, -0.15) is 5.10 Å². The topological polar surface area (TPSA) is 74.8 Å². The van der Waals surface area contributed by atoms with Gasteiger partial charge in [-0.1, -0.05) is 6.07 Å². The minimum Gasteiger partial charge on any atom is -0.284 e. The molecule has 2 N–H and O–H groups in total. The second-order valence-electron chi connectivity index (χ2n) is 3.50. The van der Waals surface area contributed by atoms with Gasteiger partial charge < -0.3 is 0 Å². The average Bonchev–Trinajstić information content (AvgIpc) is 2.77. The fraction of sp³-hybridized carbons (Fsp3) is 0.100. The molecule has 0 saturated heterocycles. The number of hydrogen-bond acceptors (Lipinski definition) is 3. The highest BCUT2D eigenvalue weighted by atomic mass is 32.2. The molecule has 0 aliphatic heterocycles. The third kappa shape index (κ3) is 2.44. The normalized spacial score (nSPS) is 11.4. The lowest BCUT2D eigenvalue weighted by atomic mass is 10.2. The van der Waals surface area contributed by atoms with Crippen molar-refractivity contribution in [2.24, 2.45) is 0 Å². The lowest BCUT2D eigenvalue weighted by molar-refractivity contribution is 0.601. The van der Waals surface area contributed by atoms with Gasteiger partial charge in [-0.15, -0.1) is 0 Å². The molecule has 0 fully saturated rings. The quantitative estimate of drug-likeness (QED) is 0.875. The second-order valence-corrected chi connectivity index (χ2v) is 5.19. The SMILES string of the molecule is Cc1ccc(NS(=O)(=O)c2cn[nH]c2)cc1F. The van der Waals surface area contributed by atoms with Gasteiger partial charge in [0.15, 0.2) is 0 Å². The van der Waals surface area contributed by atoms with Gasteiger partial charge in [-0.25, -0.2) is 12.8 Å². The van der Waals surface area contributed by atoms with E-state index in [2.05, 4.69) is 14.9 Å². The second kappa shape index (κ2) is 4.17. The van der Waals surface area contributed by atoms with Crippen LogP contribution in [0, 0.1) is 12.7 Å². The molecule has 0 spiro atoms.